The van der Waals surface area contributed by atoms with Crippen molar-refractivity contribution < 1.29 is 0 Å². The zero-order valence-electron chi connectivity index (χ0n) is 8.64. The van der Waals surface area contributed by atoms with Gasteiger partial charge in [0.15, 0.2) is 0 Å². The maximum absolute atomic E-state index is 5.32. The lowest BCUT2D eigenvalue weighted by molar-refractivity contribution is 0.436. The van der Waals surface area contributed by atoms with Gasteiger partial charge in [0.25, 0.3) is 0 Å². The Hall–Kier alpha value is -1.03. The Bertz CT molecular complexity index is 299. The smallest absolute Gasteiger partial charge is 0.215 e. The molecule has 0 atom stereocenters. The molecular weight excluding hydrogens is 176 g/mol. The molecule has 0 bridgehead atoms. The van der Waals surface area contributed by atoms with Crippen molar-refractivity contribution in [2.24, 2.45) is 5.84 Å². The zero-order valence-corrected chi connectivity index (χ0v) is 8.64. The number of nitrogens with two attached hydrogens (primary N) is 1. The Balaban J connectivity index is 2.17. The van der Waals surface area contributed by atoms with Crippen LogP contribution < -0.4 is 11.3 Å². The van der Waals surface area contributed by atoms with Crippen molar-refractivity contribution in [1.29, 1.82) is 0 Å². The highest BCUT2D eigenvalue weighted by molar-refractivity contribution is 5.31. The zero-order chi connectivity index (χ0) is 9.97. The predicted molar refractivity (Wildman–Crippen MR) is 57.0 cm³/mol. The van der Waals surface area contributed by atoms with Crippen molar-refractivity contribution in [2.75, 3.05) is 5.43 Å². The van der Waals surface area contributed by atoms with E-state index >= 15 is 0 Å². The molecule has 1 saturated carbocycles. The molecule has 0 amide bonds. The third-order valence-electron chi connectivity index (χ3n) is 3.05. The van der Waals surface area contributed by atoms with Crippen molar-refractivity contribution >= 4 is 5.95 Å². The molecule has 4 heteroatoms. The number of hydrogen-bond acceptors (Lipinski definition) is 3. The summed E-state index contributed by atoms with van der Waals surface area (Å²) in [5.74, 6) is 6.64. The van der Waals surface area contributed by atoms with Gasteiger partial charge in [0.2, 0.25) is 5.95 Å². The molecule has 4 nitrogen and oxygen atoms in total. The quantitative estimate of drug-likeness (QED) is 0.498. The van der Waals surface area contributed by atoms with Crippen LogP contribution >= 0.6 is 0 Å². The number of H-pyrrole nitrogens is 1. The molecule has 0 unspecified atom stereocenters. The highest BCUT2D eigenvalue weighted by Gasteiger charge is 2.20. The Morgan fingerprint density at radius 2 is 2.07 bits per heavy atom. The Morgan fingerprint density at radius 3 is 2.64 bits per heavy atom. The topological polar surface area (TPSA) is 66.7 Å². The fourth-order valence-electron chi connectivity index (χ4n) is 2.32. The van der Waals surface area contributed by atoms with E-state index in [1.807, 2.05) is 0 Å². The normalized spacial score (nSPS) is 18.4. The number of nitrogens with one attached hydrogen (secondary N) is 2. The number of imidazole rings is 1. The summed E-state index contributed by atoms with van der Waals surface area (Å²) in [5.41, 5.74) is 4.92. The van der Waals surface area contributed by atoms with Crippen molar-refractivity contribution in [3.8, 4) is 0 Å². The largest absolute Gasteiger partial charge is 0.327 e. The molecule has 0 radical (unpaired) electrons. The first-order valence-electron chi connectivity index (χ1n) is 5.34. The van der Waals surface area contributed by atoms with Gasteiger partial charge in [0, 0.05) is 11.6 Å². The molecule has 14 heavy (non-hydrogen) atoms. The van der Waals surface area contributed by atoms with Crippen LogP contribution in [0.2, 0.25) is 0 Å². The van der Waals surface area contributed by atoms with E-state index in [1.54, 1.807) is 0 Å². The molecular formula is C10H18N4. The molecule has 1 fully saturated rings. The minimum atomic E-state index is 0.641. The van der Waals surface area contributed by atoms with Crippen molar-refractivity contribution in [3.63, 3.8) is 0 Å². The minimum Gasteiger partial charge on any atom is -0.327 e. The molecule has 1 aliphatic carbocycles. The second-order valence-electron chi connectivity index (χ2n) is 4.07. The van der Waals surface area contributed by atoms with Crippen molar-refractivity contribution in [1.82, 2.24) is 9.97 Å². The molecule has 2 rings (SSSR count). The fourth-order valence-corrected chi connectivity index (χ4v) is 2.32. The SMILES string of the molecule is Cc1[nH]c(NN)nc1C1CCCCC1. The predicted octanol–water partition coefficient (Wildman–Crippen LogP) is 2.05. The lowest BCUT2D eigenvalue weighted by Gasteiger charge is -2.20. The number of aryl methyl sites for hydroxylation is 1. The first-order valence-corrected chi connectivity index (χ1v) is 5.34. The molecule has 4 N–H and O–H groups in total. The number of hydrazine groups is 1. The average molecular weight is 194 g/mol. The van der Waals surface area contributed by atoms with Gasteiger partial charge in [-0.05, 0) is 19.8 Å². The first kappa shape index (κ1) is 9.52. The van der Waals surface area contributed by atoms with Crippen LogP contribution in [-0.2, 0) is 0 Å². The minimum absolute atomic E-state index is 0.641. The van der Waals surface area contributed by atoms with Gasteiger partial charge < -0.3 is 4.98 Å². The van der Waals surface area contributed by atoms with Gasteiger partial charge in [0.1, 0.15) is 0 Å². The van der Waals surface area contributed by atoms with Crippen LogP contribution in [0.1, 0.15) is 49.4 Å². The van der Waals surface area contributed by atoms with Crippen LogP contribution in [0.4, 0.5) is 5.95 Å². The van der Waals surface area contributed by atoms with Gasteiger partial charge in [-0.15, -0.1) is 0 Å². The molecule has 0 saturated heterocycles. The van der Waals surface area contributed by atoms with Crippen molar-refractivity contribution in [3.05, 3.63) is 11.4 Å². The van der Waals surface area contributed by atoms with Crippen LogP contribution in [0.25, 0.3) is 0 Å². The van der Waals surface area contributed by atoms with E-state index in [1.165, 1.54) is 37.8 Å². The van der Waals surface area contributed by atoms with Gasteiger partial charge in [0.05, 0.1) is 5.69 Å². The third kappa shape index (κ3) is 1.75. The number of anilines is 1. The summed E-state index contributed by atoms with van der Waals surface area (Å²) in [6.45, 7) is 2.07. The summed E-state index contributed by atoms with van der Waals surface area (Å²) >= 11 is 0. The highest BCUT2D eigenvalue weighted by Crippen LogP contribution is 2.33. The number of aromatic nitrogens is 2. The van der Waals surface area contributed by atoms with Crippen LogP contribution in [0.3, 0.4) is 0 Å². The average Bonchev–Trinajstić information content (AvgIpc) is 2.61. The maximum atomic E-state index is 5.32. The van der Waals surface area contributed by atoms with E-state index in [0.717, 1.165) is 5.69 Å². The monoisotopic (exact) mass is 194 g/mol. The Labute approximate surface area is 84.3 Å². The molecule has 1 aliphatic rings. The molecule has 1 heterocycles. The van der Waals surface area contributed by atoms with E-state index in [9.17, 15) is 0 Å². The maximum Gasteiger partial charge on any atom is 0.215 e. The summed E-state index contributed by atoms with van der Waals surface area (Å²) in [4.78, 5) is 7.60. The third-order valence-corrected chi connectivity index (χ3v) is 3.05. The van der Waals surface area contributed by atoms with Gasteiger partial charge in [-0.3, -0.25) is 5.43 Å². The van der Waals surface area contributed by atoms with E-state index in [-0.39, 0.29) is 0 Å². The van der Waals surface area contributed by atoms with E-state index in [4.69, 9.17) is 5.84 Å². The van der Waals surface area contributed by atoms with Crippen LogP contribution in [0.15, 0.2) is 0 Å². The Morgan fingerprint density at radius 1 is 1.36 bits per heavy atom. The van der Waals surface area contributed by atoms with E-state index in [0.29, 0.717) is 11.9 Å². The number of aromatic amines is 1. The number of hydrogen-bond donors (Lipinski definition) is 3. The number of rotatable bonds is 2. The van der Waals surface area contributed by atoms with Gasteiger partial charge in [-0.2, -0.15) is 0 Å². The second kappa shape index (κ2) is 4.00. The fraction of sp³-hybridized carbons (Fsp3) is 0.700. The van der Waals surface area contributed by atoms with Crippen LogP contribution in [0, 0.1) is 6.92 Å². The summed E-state index contributed by atoms with van der Waals surface area (Å²) < 4.78 is 0. The molecule has 0 spiro atoms. The summed E-state index contributed by atoms with van der Waals surface area (Å²) in [7, 11) is 0. The Kier molecular flexibility index (Phi) is 2.72. The van der Waals surface area contributed by atoms with Gasteiger partial charge >= 0.3 is 0 Å². The first-order chi connectivity index (χ1) is 6.81. The van der Waals surface area contributed by atoms with Gasteiger partial charge in [-0.1, -0.05) is 19.3 Å². The highest BCUT2D eigenvalue weighted by atomic mass is 15.3. The van der Waals surface area contributed by atoms with Crippen molar-refractivity contribution in [2.45, 2.75) is 44.9 Å². The molecule has 1 aromatic heterocycles. The van der Waals surface area contributed by atoms with E-state index in [2.05, 4.69) is 22.3 Å². The second-order valence-corrected chi connectivity index (χ2v) is 4.07. The van der Waals surface area contributed by atoms with E-state index < -0.39 is 0 Å². The van der Waals surface area contributed by atoms with Crippen LogP contribution in [-0.4, -0.2) is 9.97 Å². The van der Waals surface area contributed by atoms with Gasteiger partial charge in [-0.25, -0.2) is 10.8 Å². The summed E-state index contributed by atoms with van der Waals surface area (Å²) in [6.07, 6.45) is 6.60. The molecule has 1 aromatic rings. The summed E-state index contributed by atoms with van der Waals surface area (Å²) in [5, 5.41) is 0. The summed E-state index contributed by atoms with van der Waals surface area (Å²) in [6, 6.07) is 0. The number of nitrogens with zero attached hydrogens (tertiary/aromatic N) is 1. The standard InChI is InChI=1S/C10H18N4/c1-7-9(13-10(12-7)14-11)8-5-3-2-4-6-8/h8H,2-6,11H2,1H3,(H2,12,13,14). The molecule has 0 aromatic carbocycles. The molecule has 0 aliphatic heterocycles. The lowest BCUT2D eigenvalue weighted by atomic mass is 9.86. The van der Waals surface area contributed by atoms with Crippen LogP contribution in [0.5, 0.6) is 0 Å². The number of nitrogen functional groups attached to an aromatic ring is 1. The lowest BCUT2D eigenvalue weighted by Crippen LogP contribution is -2.09. The molecule has 78 valence electrons.